The minimum Gasteiger partial charge on any atom is -0.378 e. The van der Waals surface area contributed by atoms with Crippen LogP contribution in [0.2, 0.25) is 0 Å². The van der Waals surface area contributed by atoms with Crippen LogP contribution in [0.3, 0.4) is 0 Å². The van der Waals surface area contributed by atoms with Crippen molar-refractivity contribution < 1.29 is 10.2 Å². The Morgan fingerprint density at radius 1 is 1.44 bits per heavy atom. The van der Waals surface area contributed by atoms with E-state index in [4.69, 9.17) is 10.2 Å². The number of rotatable bonds is 0. The van der Waals surface area contributed by atoms with Crippen LogP contribution in [0.15, 0.2) is 0 Å². The van der Waals surface area contributed by atoms with E-state index in [0.29, 0.717) is 6.54 Å². The molecular formula is C5H12N2O2. The second-order valence-electron chi connectivity index (χ2n) is 2.40. The van der Waals surface area contributed by atoms with Gasteiger partial charge in [-0.05, 0) is 0 Å². The van der Waals surface area contributed by atoms with E-state index >= 15 is 0 Å². The molecule has 3 unspecified atom stereocenters. The Morgan fingerprint density at radius 3 is 2.56 bits per heavy atom. The molecule has 0 aromatic rings. The second-order valence-corrected chi connectivity index (χ2v) is 2.40. The Morgan fingerprint density at radius 2 is 2.11 bits per heavy atom. The number of nitrogens with one attached hydrogen (secondary N) is 2. The molecule has 4 N–H and O–H groups in total. The van der Waals surface area contributed by atoms with Crippen LogP contribution in [-0.2, 0) is 0 Å². The van der Waals surface area contributed by atoms with Gasteiger partial charge in [-0.2, -0.15) is 0 Å². The molecule has 4 heteroatoms. The van der Waals surface area contributed by atoms with E-state index in [0.717, 1.165) is 0 Å². The van der Waals surface area contributed by atoms with Gasteiger partial charge >= 0.3 is 0 Å². The Hall–Kier alpha value is -0.160. The number of aliphatic hydroxyl groups excluding tert-OH is 2. The van der Waals surface area contributed by atoms with Gasteiger partial charge in [0.1, 0.15) is 6.23 Å². The summed E-state index contributed by atoms with van der Waals surface area (Å²) in [6.07, 6.45) is -1.34. The van der Waals surface area contributed by atoms with E-state index in [1.54, 1.807) is 0 Å². The molecule has 3 atom stereocenters. The van der Waals surface area contributed by atoms with Gasteiger partial charge in [-0.15, -0.1) is 0 Å². The number of aliphatic hydroxyl groups is 2. The Bertz CT molecular complexity index is 99.0. The van der Waals surface area contributed by atoms with Crippen molar-refractivity contribution in [2.45, 2.75) is 19.5 Å². The molecule has 9 heavy (non-hydrogen) atoms. The average Bonchev–Trinajstić information content (AvgIpc) is 1.80. The van der Waals surface area contributed by atoms with Gasteiger partial charge in [0.2, 0.25) is 0 Å². The molecule has 0 aromatic heterocycles. The largest absolute Gasteiger partial charge is 0.378 e. The first-order chi connectivity index (χ1) is 4.20. The minimum absolute atomic E-state index is 0.161. The maximum atomic E-state index is 9.04. The lowest BCUT2D eigenvalue weighted by Gasteiger charge is -2.30. The zero-order valence-corrected chi connectivity index (χ0v) is 5.33. The monoisotopic (exact) mass is 132 g/mol. The molecule has 0 saturated carbocycles. The number of hydrogen-bond acceptors (Lipinski definition) is 4. The van der Waals surface area contributed by atoms with E-state index in [1.165, 1.54) is 0 Å². The predicted molar refractivity (Wildman–Crippen MR) is 32.3 cm³/mol. The van der Waals surface area contributed by atoms with Gasteiger partial charge in [0.15, 0.2) is 6.35 Å². The van der Waals surface area contributed by atoms with Gasteiger partial charge < -0.3 is 10.2 Å². The van der Waals surface area contributed by atoms with Gasteiger partial charge in [0.25, 0.3) is 0 Å². The zero-order valence-electron chi connectivity index (χ0n) is 5.33. The van der Waals surface area contributed by atoms with Crippen molar-refractivity contribution in [2.24, 2.45) is 5.92 Å². The van der Waals surface area contributed by atoms with Crippen molar-refractivity contribution in [1.82, 2.24) is 10.6 Å². The van der Waals surface area contributed by atoms with Crippen LogP contribution in [0, 0.1) is 5.92 Å². The van der Waals surface area contributed by atoms with E-state index in [9.17, 15) is 0 Å². The Kier molecular flexibility index (Phi) is 2.02. The smallest absolute Gasteiger partial charge is 0.162 e. The summed E-state index contributed by atoms with van der Waals surface area (Å²) in [6, 6.07) is 0. The van der Waals surface area contributed by atoms with Crippen molar-refractivity contribution in [3.63, 3.8) is 0 Å². The summed E-state index contributed by atoms with van der Waals surface area (Å²) in [5.41, 5.74) is 0. The summed E-state index contributed by atoms with van der Waals surface area (Å²) in [5.74, 6) is 0.161. The van der Waals surface area contributed by atoms with E-state index < -0.39 is 12.6 Å². The molecule has 0 aromatic carbocycles. The molecule has 0 aliphatic carbocycles. The summed E-state index contributed by atoms with van der Waals surface area (Å²) in [4.78, 5) is 0. The average molecular weight is 132 g/mol. The normalized spacial score (nSPS) is 45.0. The van der Waals surface area contributed by atoms with Gasteiger partial charge in [-0.1, -0.05) is 6.92 Å². The zero-order chi connectivity index (χ0) is 6.85. The second kappa shape index (κ2) is 2.62. The summed E-state index contributed by atoms with van der Waals surface area (Å²) < 4.78 is 0. The molecule has 1 saturated heterocycles. The third-order valence-electron chi connectivity index (χ3n) is 1.50. The van der Waals surface area contributed by atoms with Crippen LogP contribution >= 0.6 is 0 Å². The van der Waals surface area contributed by atoms with E-state index in [2.05, 4.69) is 10.6 Å². The van der Waals surface area contributed by atoms with Gasteiger partial charge in [0, 0.05) is 12.5 Å². The molecule has 0 amide bonds. The van der Waals surface area contributed by atoms with Crippen LogP contribution in [0.25, 0.3) is 0 Å². The lowest BCUT2D eigenvalue weighted by atomic mass is 10.1. The Labute approximate surface area is 53.9 Å². The highest BCUT2D eigenvalue weighted by atomic mass is 16.3. The van der Waals surface area contributed by atoms with Gasteiger partial charge in [-0.3, -0.25) is 10.6 Å². The fourth-order valence-corrected chi connectivity index (χ4v) is 0.794. The molecule has 0 spiro atoms. The van der Waals surface area contributed by atoms with Crippen LogP contribution < -0.4 is 10.6 Å². The maximum Gasteiger partial charge on any atom is 0.162 e. The molecule has 1 fully saturated rings. The highest BCUT2D eigenvalue weighted by Gasteiger charge is 2.22. The van der Waals surface area contributed by atoms with Gasteiger partial charge in [-0.25, -0.2) is 0 Å². The first-order valence-corrected chi connectivity index (χ1v) is 3.05. The van der Waals surface area contributed by atoms with E-state index in [-0.39, 0.29) is 5.92 Å². The summed E-state index contributed by atoms with van der Waals surface area (Å²) in [6.45, 7) is 2.55. The first-order valence-electron chi connectivity index (χ1n) is 3.05. The Balaban J connectivity index is 2.35. The molecule has 0 radical (unpaired) electrons. The molecule has 4 nitrogen and oxygen atoms in total. The van der Waals surface area contributed by atoms with Crippen molar-refractivity contribution >= 4 is 0 Å². The molecular weight excluding hydrogens is 120 g/mol. The summed E-state index contributed by atoms with van der Waals surface area (Å²) in [5, 5.41) is 23.1. The first kappa shape index (κ1) is 6.95. The van der Waals surface area contributed by atoms with E-state index in [1.807, 2.05) is 6.92 Å². The fraction of sp³-hybridized carbons (Fsp3) is 1.00. The molecule has 0 bridgehead atoms. The molecule has 1 aliphatic rings. The lowest BCUT2D eigenvalue weighted by molar-refractivity contribution is -0.0360. The molecule has 1 heterocycles. The highest BCUT2D eigenvalue weighted by Crippen LogP contribution is 2.02. The fourth-order valence-electron chi connectivity index (χ4n) is 0.794. The highest BCUT2D eigenvalue weighted by molar-refractivity contribution is 4.71. The predicted octanol–water partition coefficient (Wildman–Crippen LogP) is -1.59. The van der Waals surface area contributed by atoms with Crippen LogP contribution in [0.4, 0.5) is 0 Å². The standard InChI is InChI=1S/C5H12N2O2/c1-3-2-6-5(9)7-4(3)8/h3-9H,2H2,1H3. The van der Waals surface area contributed by atoms with Crippen LogP contribution in [0.5, 0.6) is 0 Å². The maximum absolute atomic E-state index is 9.04. The van der Waals surface area contributed by atoms with Crippen molar-refractivity contribution in [1.29, 1.82) is 0 Å². The third kappa shape index (κ3) is 1.62. The SMILES string of the molecule is CC1CNC(O)NC1O. The minimum atomic E-state index is -0.754. The summed E-state index contributed by atoms with van der Waals surface area (Å²) >= 11 is 0. The number of hydrogen-bond donors (Lipinski definition) is 4. The summed E-state index contributed by atoms with van der Waals surface area (Å²) in [7, 11) is 0. The van der Waals surface area contributed by atoms with Crippen molar-refractivity contribution in [2.75, 3.05) is 6.54 Å². The lowest BCUT2D eigenvalue weighted by Crippen LogP contribution is -2.57. The van der Waals surface area contributed by atoms with Crippen LogP contribution in [-0.4, -0.2) is 29.3 Å². The van der Waals surface area contributed by atoms with Crippen LogP contribution in [0.1, 0.15) is 6.92 Å². The third-order valence-corrected chi connectivity index (χ3v) is 1.50. The van der Waals surface area contributed by atoms with Crippen molar-refractivity contribution in [3.05, 3.63) is 0 Å². The molecule has 54 valence electrons. The molecule has 1 rings (SSSR count). The topological polar surface area (TPSA) is 64.5 Å². The van der Waals surface area contributed by atoms with Gasteiger partial charge in [0.05, 0.1) is 0 Å². The molecule has 1 aliphatic heterocycles. The van der Waals surface area contributed by atoms with Crippen molar-refractivity contribution in [3.8, 4) is 0 Å². The quantitative estimate of drug-likeness (QED) is 0.321.